The molecule has 3 amide bonds. The number of esters is 1. The average Bonchev–Trinajstić information content (AvgIpc) is 3.27. The second kappa shape index (κ2) is 10.1. The zero-order valence-electron chi connectivity index (χ0n) is 17.8. The molecule has 0 atom stereocenters. The van der Waals surface area contributed by atoms with Gasteiger partial charge in [0.2, 0.25) is 5.91 Å². The predicted octanol–water partition coefficient (Wildman–Crippen LogP) is 5.13. The Morgan fingerprint density at radius 1 is 1.21 bits per heavy atom. The standard InChI is InChI=1S/C23H21ClN2O5S2/c1-2-31-22(29)19-14-8-4-6-10-16(14)32-20(19)25-18(27)12-26-21(28)17(33-23(26)30)11-13-7-3-5-9-15(13)24/h3,5,7,9,11H,2,4,6,8,10,12H2,1H3,(H,25,27)/b17-11-. The normalized spacial score (nSPS) is 16.8. The van der Waals surface area contributed by atoms with Crippen LogP contribution in [0.1, 0.15) is 46.1 Å². The molecule has 0 bridgehead atoms. The summed E-state index contributed by atoms with van der Waals surface area (Å²) < 4.78 is 5.20. The Morgan fingerprint density at radius 2 is 1.97 bits per heavy atom. The number of halogens is 1. The molecule has 1 aliphatic carbocycles. The number of anilines is 1. The SMILES string of the molecule is CCOC(=O)c1c(NC(=O)CN2C(=O)S/C(=C\c3ccccc3Cl)C2=O)sc2c1CCCC2. The monoisotopic (exact) mass is 504 g/mol. The van der Waals surface area contributed by atoms with Gasteiger partial charge in [-0.15, -0.1) is 11.3 Å². The number of fused-ring (bicyclic) bond motifs is 1. The summed E-state index contributed by atoms with van der Waals surface area (Å²) in [5, 5.41) is 3.05. The Bertz CT molecular complexity index is 1170. The van der Waals surface area contributed by atoms with Crippen molar-refractivity contribution in [3.8, 4) is 0 Å². The molecule has 7 nitrogen and oxygen atoms in total. The molecular formula is C23H21ClN2O5S2. The van der Waals surface area contributed by atoms with E-state index in [0.717, 1.165) is 52.8 Å². The van der Waals surface area contributed by atoms with Gasteiger partial charge in [-0.2, -0.15) is 0 Å². The van der Waals surface area contributed by atoms with E-state index in [1.165, 1.54) is 17.4 Å². The van der Waals surface area contributed by atoms with E-state index in [4.69, 9.17) is 16.3 Å². The third-order valence-corrected chi connectivity index (χ3v) is 7.73. The van der Waals surface area contributed by atoms with Crippen molar-refractivity contribution in [1.82, 2.24) is 4.90 Å². The summed E-state index contributed by atoms with van der Waals surface area (Å²) in [6.45, 7) is 1.51. The number of thioether (sulfide) groups is 1. The van der Waals surface area contributed by atoms with Crippen LogP contribution in [0.2, 0.25) is 5.02 Å². The highest BCUT2D eigenvalue weighted by Crippen LogP contribution is 2.39. The van der Waals surface area contributed by atoms with Crippen LogP contribution in [0.25, 0.3) is 6.08 Å². The molecule has 10 heteroatoms. The maximum Gasteiger partial charge on any atom is 0.341 e. The number of nitrogens with one attached hydrogen (secondary N) is 1. The van der Waals surface area contributed by atoms with E-state index < -0.39 is 29.6 Å². The summed E-state index contributed by atoms with van der Waals surface area (Å²) in [4.78, 5) is 52.7. The molecule has 33 heavy (non-hydrogen) atoms. The number of thiophene rings is 1. The average molecular weight is 505 g/mol. The van der Waals surface area contributed by atoms with E-state index in [9.17, 15) is 19.2 Å². The smallest absolute Gasteiger partial charge is 0.341 e. The minimum absolute atomic E-state index is 0.194. The first-order valence-electron chi connectivity index (χ1n) is 10.5. The lowest BCUT2D eigenvalue weighted by atomic mass is 9.95. The third-order valence-electron chi connectivity index (χ3n) is 5.27. The highest BCUT2D eigenvalue weighted by molar-refractivity contribution is 8.18. The first-order chi connectivity index (χ1) is 15.9. The van der Waals surface area contributed by atoms with Crippen LogP contribution in [0, 0.1) is 0 Å². The maximum atomic E-state index is 12.8. The molecule has 4 rings (SSSR count). The molecule has 1 fully saturated rings. The highest BCUT2D eigenvalue weighted by Gasteiger charge is 2.37. The van der Waals surface area contributed by atoms with Crippen LogP contribution in [0.3, 0.4) is 0 Å². The van der Waals surface area contributed by atoms with Crippen LogP contribution in [-0.2, 0) is 27.2 Å². The number of amides is 3. The summed E-state index contributed by atoms with van der Waals surface area (Å²) in [5.41, 5.74) is 1.92. The molecule has 1 aromatic carbocycles. The number of carbonyl (C=O) groups excluding carboxylic acids is 4. The van der Waals surface area contributed by atoms with Gasteiger partial charge in [-0.25, -0.2) is 4.79 Å². The number of ether oxygens (including phenoxy) is 1. The zero-order chi connectivity index (χ0) is 23.5. The molecule has 1 aromatic heterocycles. The molecule has 0 spiro atoms. The fourth-order valence-electron chi connectivity index (χ4n) is 3.75. The van der Waals surface area contributed by atoms with Crippen molar-refractivity contribution in [2.75, 3.05) is 18.5 Å². The van der Waals surface area contributed by atoms with E-state index in [-0.39, 0.29) is 11.5 Å². The largest absolute Gasteiger partial charge is 0.462 e. The summed E-state index contributed by atoms with van der Waals surface area (Å²) in [6, 6.07) is 6.96. The Labute approximate surface area is 204 Å². The fourth-order valence-corrected chi connectivity index (χ4v) is 6.07. The molecule has 1 N–H and O–H groups in total. The third kappa shape index (κ3) is 5.00. The van der Waals surface area contributed by atoms with Gasteiger partial charge in [-0.3, -0.25) is 19.3 Å². The zero-order valence-corrected chi connectivity index (χ0v) is 20.2. The van der Waals surface area contributed by atoms with Gasteiger partial charge in [0.05, 0.1) is 17.1 Å². The number of rotatable bonds is 6. The van der Waals surface area contributed by atoms with Gasteiger partial charge >= 0.3 is 5.97 Å². The van der Waals surface area contributed by atoms with E-state index >= 15 is 0 Å². The molecule has 2 aliphatic rings. The van der Waals surface area contributed by atoms with Gasteiger partial charge in [0.1, 0.15) is 11.5 Å². The molecule has 0 unspecified atom stereocenters. The lowest BCUT2D eigenvalue weighted by Crippen LogP contribution is -2.36. The summed E-state index contributed by atoms with van der Waals surface area (Å²) in [6.07, 6.45) is 5.14. The Kier molecular flexibility index (Phi) is 7.21. The van der Waals surface area contributed by atoms with Gasteiger partial charge in [-0.1, -0.05) is 29.8 Å². The Hall–Kier alpha value is -2.62. The molecule has 0 saturated carbocycles. The van der Waals surface area contributed by atoms with Crippen LogP contribution < -0.4 is 5.32 Å². The molecule has 0 radical (unpaired) electrons. The van der Waals surface area contributed by atoms with Crippen molar-refractivity contribution < 1.29 is 23.9 Å². The lowest BCUT2D eigenvalue weighted by Gasteiger charge is -2.13. The van der Waals surface area contributed by atoms with E-state index in [2.05, 4.69) is 5.32 Å². The van der Waals surface area contributed by atoms with E-state index in [1.54, 1.807) is 31.2 Å². The molecule has 1 saturated heterocycles. The van der Waals surface area contributed by atoms with Gasteiger partial charge in [0.15, 0.2) is 0 Å². The van der Waals surface area contributed by atoms with Gasteiger partial charge in [0, 0.05) is 9.90 Å². The topological polar surface area (TPSA) is 92.8 Å². The summed E-state index contributed by atoms with van der Waals surface area (Å²) in [7, 11) is 0. The molecule has 1 aliphatic heterocycles. The number of nitrogens with zero attached hydrogens (tertiary/aromatic N) is 1. The highest BCUT2D eigenvalue weighted by atomic mass is 35.5. The number of hydrogen-bond acceptors (Lipinski definition) is 7. The van der Waals surface area contributed by atoms with Gasteiger partial charge < -0.3 is 10.1 Å². The quantitative estimate of drug-likeness (QED) is 0.433. The maximum absolute atomic E-state index is 12.8. The minimum Gasteiger partial charge on any atom is -0.462 e. The Morgan fingerprint density at radius 3 is 2.73 bits per heavy atom. The fraction of sp³-hybridized carbons (Fsp3) is 0.304. The summed E-state index contributed by atoms with van der Waals surface area (Å²) >= 11 is 8.25. The first kappa shape index (κ1) is 23.5. The summed E-state index contributed by atoms with van der Waals surface area (Å²) in [5.74, 6) is -1.59. The number of hydrogen-bond donors (Lipinski definition) is 1. The van der Waals surface area contributed by atoms with Crippen LogP contribution >= 0.6 is 34.7 Å². The van der Waals surface area contributed by atoms with Crippen LogP contribution in [0.5, 0.6) is 0 Å². The lowest BCUT2D eigenvalue weighted by molar-refractivity contribution is -0.127. The first-order valence-corrected chi connectivity index (χ1v) is 12.5. The van der Waals surface area contributed by atoms with Crippen molar-refractivity contribution in [3.63, 3.8) is 0 Å². The van der Waals surface area contributed by atoms with E-state index in [1.807, 2.05) is 0 Å². The van der Waals surface area contributed by atoms with Crippen molar-refractivity contribution >= 4 is 68.8 Å². The molecular weight excluding hydrogens is 484 g/mol. The van der Waals surface area contributed by atoms with Crippen LogP contribution in [-0.4, -0.2) is 41.1 Å². The minimum atomic E-state index is -0.559. The number of aryl methyl sites for hydroxylation is 1. The van der Waals surface area contributed by atoms with Crippen molar-refractivity contribution in [1.29, 1.82) is 0 Å². The number of carbonyl (C=O) groups is 4. The van der Waals surface area contributed by atoms with Gasteiger partial charge in [-0.05, 0) is 67.6 Å². The van der Waals surface area contributed by atoms with Crippen LogP contribution in [0.4, 0.5) is 9.80 Å². The molecule has 172 valence electrons. The Balaban J connectivity index is 1.51. The van der Waals surface area contributed by atoms with Crippen molar-refractivity contribution in [2.45, 2.75) is 32.6 Å². The van der Waals surface area contributed by atoms with Crippen molar-refractivity contribution in [3.05, 3.63) is 55.8 Å². The number of imide groups is 1. The number of benzene rings is 1. The van der Waals surface area contributed by atoms with Crippen molar-refractivity contribution in [2.24, 2.45) is 0 Å². The second-order valence-electron chi connectivity index (χ2n) is 7.47. The van der Waals surface area contributed by atoms with Gasteiger partial charge in [0.25, 0.3) is 11.1 Å². The molecule has 2 heterocycles. The second-order valence-corrected chi connectivity index (χ2v) is 9.98. The van der Waals surface area contributed by atoms with Crippen LogP contribution in [0.15, 0.2) is 29.2 Å². The molecule has 2 aromatic rings. The van der Waals surface area contributed by atoms with E-state index in [0.29, 0.717) is 21.2 Å². The predicted molar refractivity (Wildman–Crippen MR) is 130 cm³/mol.